The van der Waals surface area contributed by atoms with Gasteiger partial charge in [0.25, 0.3) is 0 Å². The molecule has 0 unspecified atom stereocenters. The van der Waals surface area contributed by atoms with Gasteiger partial charge in [0.15, 0.2) is 0 Å². The minimum Gasteiger partial charge on any atom is -0.344 e. The molecule has 2 rings (SSSR count). The van der Waals surface area contributed by atoms with Gasteiger partial charge in [0.05, 0.1) is 6.04 Å². The zero-order valence-corrected chi connectivity index (χ0v) is 12.3. The van der Waals surface area contributed by atoms with Crippen molar-refractivity contribution >= 4 is 5.91 Å². The molecule has 4 nitrogen and oxygen atoms in total. The van der Waals surface area contributed by atoms with Crippen LogP contribution >= 0.6 is 0 Å². The molecule has 0 aliphatic heterocycles. The highest BCUT2D eigenvalue weighted by Crippen LogP contribution is 2.05. The van der Waals surface area contributed by atoms with Gasteiger partial charge in [-0.1, -0.05) is 30.3 Å². The summed E-state index contributed by atoms with van der Waals surface area (Å²) in [5.41, 5.74) is 8.27. The molecule has 0 saturated heterocycles. The van der Waals surface area contributed by atoms with Crippen molar-refractivity contribution < 1.29 is 4.79 Å². The number of hydrogen-bond donors (Lipinski definition) is 1. The SMILES string of the molecule is CN(CCc1ccncc1)C(=O)[C@@H](N)Cc1ccccc1. The van der Waals surface area contributed by atoms with Crippen molar-refractivity contribution in [3.8, 4) is 0 Å². The van der Waals surface area contributed by atoms with Gasteiger partial charge in [-0.05, 0) is 36.1 Å². The van der Waals surface area contributed by atoms with E-state index in [2.05, 4.69) is 4.98 Å². The number of pyridine rings is 1. The van der Waals surface area contributed by atoms with Crippen LogP contribution in [0.2, 0.25) is 0 Å². The molecule has 2 aromatic rings. The minimum absolute atomic E-state index is 0.0205. The number of benzene rings is 1. The first kappa shape index (κ1) is 15.2. The first-order valence-electron chi connectivity index (χ1n) is 7.10. The Morgan fingerprint density at radius 2 is 1.81 bits per heavy atom. The molecule has 0 saturated carbocycles. The molecule has 1 heterocycles. The Labute approximate surface area is 125 Å². The summed E-state index contributed by atoms with van der Waals surface area (Å²) >= 11 is 0. The molecule has 0 bridgehead atoms. The third-order valence-electron chi connectivity index (χ3n) is 3.48. The normalized spacial score (nSPS) is 11.9. The predicted molar refractivity (Wildman–Crippen MR) is 83.7 cm³/mol. The maximum atomic E-state index is 12.3. The number of nitrogens with two attached hydrogens (primary N) is 1. The molecule has 1 aromatic carbocycles. The van der Waals surface area contributed by atoms with Crippen molar-refractivity contribution in [3.05, 3.63) is 66.0 Å². The van der Waals surface area contributed by atoms with Crippen molar-refractivity contribution in [2.45, 2.75) is 18.9 Å². The summed E-state index contributed by atoms with van der Waals surface area (Å²) in [4.78, 5) is 17.9. The summed E-state index contributed by atoms with van der Waals surface area (Å²) in [6.07, 6.45) is 4.90. The second-order valence-corrected chi connectivity index (χ2v) is 5.16. The van der Waals surface area contributed by atoms with Crippen LogP contribution in [0.25, 0.3) is 0 Å². The maximum Gasteiger partial charge on any atom is 0.239 e. The molecule has 1 amide bonds. The van der Waals surface area contributed by atoms with Gasteiger partial charge in [-0.2, -0.15) is 0 Å². The molecule has 0 radical (unpaired) electrons. The topological polar surface area (TPSA) is 59.2 Å². The zero-order chi connectivity index (χ0) is 15.1. The van der Waals surface area contributed by atoms with E-state index in [1.165, 1.54) is 5.56 Å². The fourth-order valence-corrected chi connectivity index (χ4v) is 2.19. The fraction of sp³-hybridized carbons (Fsp3) is 0.294. The Kier molecular flexibility index (Phi) is 5.46. The van der Waals surface area contributed by atoms with Crippen LogP contribution < -0.4 is 5.73 Å². The van der Waals surface area contributed by atoms with Crippen molar-refractivity contribution in [1.29, 1.82) is 0 Å². The molecule has 2 N–H and O–H groups in total. The Morgan fingerprint density at radius 1 is 1.14 bits per heavy atom. The number of hydrogen-bond acceptors (Lipinski definition) is 3. The first-order chi connectivity index (χ1) is 10.2. The molecule has 0 spiro atoms. The van der Waals surface area contributed by atoms with Crippen LogP contribution in [-0.2, 0) is 17.6 Å². The maximum absolute atomic E-state index is 12.3. The van der Waals surface area contributed by atoms with Gasteiger partial charge >= 0.3 is 0 Å². The lowest BCUT2D eigenvalue weighted by molar-refractivity contribution is -0.131. The lowest BCUT2D eigenvalue weighted by Crippen LogP contribution is -2.43. The summed E-state index contributed by atoms with van der Waals surface area (Å²) in [6.45, 7) is 0.658. The molecule has 0 fully saturated rings. The van der Waals surface area contributed by atoms with Crippen LogP contribution in [0.4, 0.5) is 0 Å². The summed E-state index contributed by atoms with van der Waals surface area (Å²) in [5.74, 6) is -0.0205. The Hall–Kier alpha value is -2.20. The van der Waals surface area contributed by atoms with Crippen LogP contribution in [0.3, 0.4) is 0 Å². The minimum atomic E-state index is -0.491. The number of aromatic nitrogens is 1. The van der Waals surface area contributed by atoms with Gasteiger partial charge in [0, 0.05) is 26.0 Å². The number of carbonyl (C=O) groups is 1. The van der Waals surface area contributed by atoms with Crippen LogP contribution in [0.5, 0.6) is 0 Å². The number of amides is 1. The molecule has 4 heteroatoms. The molecular formula is C17H21N3O. The van der Waals surface area contributed by atoms with Gasteiger partial charge in [-0.25, -0.2) is 0 Å². The van der Waals surface area contributed by atoms with E-state index < -0.39 is 6.04 Å². The van der Waals surface area contributed by atoms with Crippen LogP contribution in [0.1, 0.15) is 11.1 Å². The Bertz CT molecular complexity index is 557. The van der Waals surface area contributed by atoms with E-state index in [0.717, 1.165) is 12.0 Å². The second kappa shape index (κ2) is 7.55. The van der Waals surface area contributed by atoms with Crippen molar-refractivity contribution in [2.24, 2.45) is 5.73 Å². The second-order valence-electron chi connectivity index (χ2n) is 5.16. The first-order valence-corrected chi connectivity index (χ1v) is 7.10. The number of carbonyl (C=O) groups excluding carboxylic acids is 1. The van der Waals surface area contributed by atoms with Crippen molar-refractivity contribution in [2.75, 3.05) is 13.6 Å². The molecule has 0 aliphatic carbocycles. The van der Waals surface area contributed by atoms with E-state index in [-0.39, 0.29) is 5.91 Å². The van der Waals surface area contributed by atoms with Gasteiger partial charge in [0.2, 0.25) is 5.91 Å². The molecular weight excluding hydrogens is 262 g/mol. The van der Waals surface area contributed by atoms with E-state index in [0.29, 0.717) is 13.0 Å². The average molecular weight is 283 g/mol. The highest BCUT2D eigenvalue weighted by molar-refractivity contribution is 5.81. The highest BCUT2D eigenvalue weighted by atomic mass is 16.2. The van der Waals surface area contributed by atoms with Gasteiger partial charge < -0.3 is 10.6 Å². The largest absolute Gasteiger partial charge is 0.344 e. The monoisotopic (exact) mass is 283 g/mol. The van der Waals surface area contributed by atoms with Gasteiger partial charge in [0.1, 0.15) is 0 Å². The Morgan fingerprint density at radius 3 is 2.48 bits per heavy atom. The zero-order valence-electron chi connectivity index (χ0n) is 12.3. The van der Waals surface area contributed by atoms with Gasteiger partial charge in [-0.3, -0.25) is 9.78 Å². The van der Waals surface area contributed by atoms with Crippen molar-refractivity contribution in [3.63, 3.8) is 0 Å². The highest BCUT2D eigenvalue weighted by Gasteiger charge is 2.18. The molecule has 110 valence electrons. The van der Waals surface area contributed by atoms with Crippen LogP contribution in [0.15, 0.2) is 54.9 Å². The average Bonchev–Trinajstić information content (AvgIpc) is 2.53. The fourth-order valence-electron chi connectivity index (χ4n) is 2.19. The van der Waals surface area contributed by atoms with E-state index in [1.54, 1.807) is 24.3 Å². The smallest absolute Gasteiger partial charge is 0.239 e. The summed E-state index contributed by atoms with van der Waals surface area (Å²) < 4.78 is 0. The van der Waals surface area contributed by atoms with E-state index in [4.69, 9.17) is 5.73 Å². The summed E-state index contributed by atoms with van der Waals surface area (Å²) in [6, 6.07) is 13.3. The van der Waals surface area contributed by atoms with E-state index in [1.807, 2.05) is 42.5 Å². The Balaban J connectivity index is 1.84. The predicted octanol–water partition coefficient (Wildman–Crippen LogP) is 1.65. The third-order valence-corrected chi connectivity index (χ3v) is 3.48. The van der Waals surface area contributed by atoms with Gasteiger partial charge in [-0.15, -0.1) is 0 Å². The lowest BCUT2D eigenvalue weighted by Gasteiger charge is -2.21. The molecule has 0 aliphatic rings. The van der Waals surface area contributed by atoms with Crippen LogP contribution in [0, 0.1) is 0 Å². The standard InChI is InChI=1S/C17H21N3O/c1-20(12-9-14-7-10-19-11-8-14)17(21)16(18)13-15-5-3-2-4-6-15/h2-8,10-11,16H,9,12-13,18H2,1H3/t16-/m0/s1. The molecule has 21 heavy (non-hydrogen) atoms. The van der Waals surface area contributed by atoms with E-state index in [9.17, 15) is 4.79 Å². The van der Waals surface area contributed by atoms with Crippen LogP contribution in [-0.4, -0.2) is 35.4 Å². The lowest BCUT2D eigenvalue weighted by atomic mass is 10.1. The quantitative estimate of drug-likeness (QED) is 0.877. The number of rotatable bonds is 6. The van der Waals surface area contributed by atoms with Crippen molar-refractivity contribution in [1.82, 2.24) is 9.88 Å². The summed E-state index contributed by atoms with van der Waals surface area (Å²) in [7, 11) is 1.80. The third kappa shape index (κ3) is 4.68. The summed E-state index contributed by atoms with van der Waals surface area (Å²) in [5, 5.41) is 0. The molecule has 1 atom stereocenters. The number of nitrogens with zero attached hydrogens (tertiary/aromatic N) is 2. The number of likely N-dealkylation sites (N-methyl/N-ethyl adjacent to an activating group) is 1. The molecule has 1 aromatic heterocycles. The van der Waals surface area contributed by atoms with E-state index >= 15 is 0 Å².